The summed E-state index contributed by atoms with van der Waals surface area (Å²) in [5, 5.41) is 40.0. The van der Waals surface area contributed by atoms with Crippen LogP contribution in [0.1, 0.15) is 117 Å². The lowest BCUT2D eigenvalue weighted by atomic mass is 9.99. The Bertz CT molecular complexity index is 1210. The van der Waals surface area contributed by atoms with E-state index in [1.807, 2.05) is 24.3 Å². The Morgan fingerprint density at radius 1 is 0.582 bits per heavy atom. The van der Waals surface area contributed by atoms with Gasteiger partial charge in [-0.2, -0.15) is 0 Å². The van der Waals surface area contributed by atoms with E-state index in [0.29, 0.717) is 19.3 Å². The van der Waals surface area contributed by atoms with Crippen LogP contribution in [0, 0.1) is 0 Å². The number of rotatable bonds is 31. The first-order valence-corrected chi connectivity index (χ1v) is 20.3. The predicted octanol–water partition coefficient (Wildman–Crippen LogP) is 7.99. The number of unbranched alkanes of at least 4 members (excludes halogenated alkanes) is 6. The molecule has 1 saturated heterocycles. The van der Waals surface area contributed by atoms with Gasteiger partial charge in [0.05, 0.1) is 13.2 Å². The van der Waals surface area contributed by atoms with E-state index in [1.165, 1.54) is 0 Å². The number of ether oxygens (including phenoxy) is 4. The summed E-state index contributed by atoms with van der Waals surface area (Å²) >= 11 is 0. The van der Waals surface area contributed by atoms with Crippen molar-refractivity contribution in [2.75, 3.05) is 19.8 Å². The quantitative estimate of drug-likeness (QED) is 0.0236. The number of aliphatic hydroxyl groups excluding tert-OH is 4. The van der Waals surface area contributed by atoms with Crippen LogP contribution in [-0.4, -0.2) is 89.0 Å². The average Bonchev–Trinajstić information content (AvgIpc) is 3.18. The lowest BCUT2D eigenvalue weighted by molar-refractivity contribution is -0.305. The summed E-state index contributed by atoms with van der Waals surface area (Å²) in [7, 11) is 0. The predicted molar refractivity (Wildman–Crippen MR) is 219 cm³/mol. The molecule has 0 amide bonds. The monoisotopic (exact) mass is 770 g/mol. The fourth-order valence-electron chi connectivity index (χ4n) is 5.34. The van der Waals surface area contributed by atoms with Crippen LogP contribution >= 0.6 is 0 Å². The van der Waals surface area contributed by atoms with E-state index < -0.39 is 55.4 Å². The molecule has 1 aliphatic rings. The maximum Gasteiger partial charge on any atom is 0.306 e. The molecule has 55 heavy (non-hydrogen) atoms. The lowest BCUT2D eigenvalue weighted by Gasteiger charge is -2.39. The Morgan fingerprint density at radius 2 is 1.13 bits per heavy atom. The summed E-state index contributed by atoms with van der Waals surface area (Å²) in [6, 6.07) is 0. The number of hydrogen-bond acceptors (Lipinski definition) is 10. The van der Waals surface area contributed by atoms with Gasteiger partial charge in [-0.25, -0.2) is 0 Å². The number of allylic oxidation sites excluding steroid dienone is 16. The van der Waals surface area contributed by atoms with Crippen molar-refractivity contribution in [2.45, 2.75) is 153 Å². The van der Waals surface area contributed by atoms with Crippen LogP contribution in [-0.2, 0) is 28.5 Å². The maximum atomic E-state index is 12.7. The van der Waals surface area contributed by atoms with Gasteiger partial charge in [-0.15, -0.1) is 0 Å². The molecule has 0 aromatic carbocycles. The van der Waals surface area contributed by atoms with Crippen molar-refractivity contribution in [2.24, 2.45) is 0 Å². The Hall–Kier alpha value is -3.38. The molecular formula is C45H70O10. The zero-order valence-corrected chi connectivity index (χ0v) is 33.4. The van der Waals surface area contributed by atoms with E-state index in [9.17, 15) is 30.0 Å². The molecule has 0 aromatic rings. The molecule has 1 fully saturated rings. The first kappa shape index (κ1) is 49.6. The zero-order valence-electron chi connectivity index (χ0n) is 33.4. The molecule has 1 heterocycles. The molecule has 0 radical (unpaired) electrons. The van der Waals surface area contributed by atoms with Crippen LogP contribution in [0.2, 0.25) is 0 Å². The smallest absolute Gasteiger partial charge is 0.306 e. The van der Waals surface area contributed by atoms with Crippen molar-refractivity contribution in [1.82, 2.24) is 0 Å². The van der Waals surface area contributed by atoms with Crippen molar-refractivity contribution in [3.8, 4) is 0 Å². The summed E-state index contributed by atoms with van der Waals surface area (Å²) in [4.78, 5) is 25.2. The molecule has 6 atom stereocenters. The Kier molecular flexibility index (Phi) is 31.6. The molecule has 0 aliphatic carbocycles. The van der Waals surface area contributed by atoms with Crippen molar-refractivity contribution in [1.29, 1.82) is 0 Å². The number of hydrogen-bond donors (Lipinski definition) is 4. The van der Waals surface area contributed by atoms with E-state index in [-0.39, 0.29) is 26.1 Å². The van der Waals surface area contributed by atoms with Gasteiger partial charge in [0.25, 0.3) is 0 Å². The molecule has 0 aromatic heterocycles. The van der Waals surface area contributed by atoms with Crippen LogP contribution in [0.15, 0.2) is 97.2 Å². The van der Waals surface area contributed by atoms with Crippen molar-refractivity contribution >= 4 is 11.9 Å². The number of aliphatic hydroxyl groups is 4. The van der Waals surface area contributed by atoms with E-state index in [2.05, 4.69) is 86.8 Å². The molecule has 0 bridgehead atoms. The zero-order chi connectivity index (χ0) is 40.2. The molecule has 3 unspecified atom stereocenters. The molecule has 0 spiro atoms. The minimum absolute atomic E-state index is 0.186. The SMILES string of the molecule is CC/C=C/C=C/C=C/CCCCCCCC(=O)OC(COC(=O)CCC/C=C/C/C=C/C/C=C/C/C=C/C/C=C/CC)CO[C@H]1O[C@@H](CO)[C@@H](O)C(O)C1O. The molecule has 0 saturated carbocycles. The van der Waals surface area contributed by atoms with Gasteiger partial charge in [0.1, 0.15) is 31.0 Å². The molecule has 4 N–H and O–H groups in total. The van der Waals surface area contributed by atoms with Gasteiger partial charge in [0.2, 0.25) is 0 Å². The third kappa shape index (κ3) is 27.0. The minimum Gasteiger partial charge on any atom is -0.462 e. The first-order chi connectivity index (χ1) is 26.8. The summed E-state index contributed by atoms with van der Waals surface area (Å²) in [5.74, 6) is -0.913. The molecule has 1 rings (SSSR count). The highest BCUT2D eigenvalue weighted by Crippen LogP contribution is 2.22. The van der Waals surface area contributed by atoms with Crippen LogP contribution in [0.25, 0.3) is 0 Å². The van der Waals surface area contributed by atoms with Gasteiger partial charge in [-0.1, -0.05) is 130 Å². The van der Waals surface area contributed by atoms with E-state index in [1.54, 1.807) is 0 Å². The number of carbonyl (C=O) groups is 2. The van der Waals surface area contributed by atoms with E-state index in [0.717, 1.165) is 70.6 Å². The van der Waals surface area contributed by atoms with Gasteiger partial charge in [-0.05, 0) is 70.6 Å². The normalized spacial score (nSPS) is 21.6. The highest BCUT2D eigenvalue weighted by Gasteiger charge is 2.44. The molecular weight excluding hydrogens is 700 g/mol. The first-order valence-electron chi connectivity index (χ1n) is 20.3. The second kappa shape index (κ2) is 35.1. The number of carbonyl (C=O) groups excluding carboxylic acids is 2. The van der Waals surface area contributed by atoms with Gasteiger partial charge in [0, 0.05) is 12.8 Å². The third-order valence-corrected chi connectivity index (χ3v) is 8.53. The minimum atomic E-state index is -1.61. The van der Waals surface area contributed by atoms with Crippen LogP contribution in [0.5, 0.6) is 0 Å². The lowest BCUT2D eigenvalue weighted by Crippen LogP contribution is -2.59. The standard InChI is InChI=1S/C45H70O10/c1-3-5-7-9-11-13-15-17-18-19-20-22-23-25-27-29-31-33-40(47)52-36-38(37-53-45-44(51)43(50)42(49)39(35-46)55-45)54-41(48)34-32-30-28-26-24-21-16-14-12-10-8-6-4-2/h5-8,10-14,16-18,20,22,25,27,38-39,42-46,49-51H,3-4,9,15,19,21,23-24,26,28-37H2,1-2H3/b7-5+,8-6+,12-10+,13-11+,16-14+,18-17+,22-20+,27-25+/t38?,39-,42+,43?,44?,45-/m0/s1. The van der Waals surface area contributed by atoms with Gasteiger partial charge in [0.15, 0.2) is 12.4 Å². The summed E-state index contributed by atoms with van der Waals surface area (Å²) in [5.41, 5.74) is 0. The summed E-state index contributed by atoms with van der Waals surface area (Å²) < 4.78 is 22.0. The molecule has 310 valence electrons. The summed E-state index contributed by atoms with van der Waals surface area (Å²) in [6.07, 6.45) is 38.5. The Morgan fingerprint density at radius 3 is 1.76 bits per heavy atom. The molecule has 10 nitrogen and oxygen atoms in total. The van der Waals surface area contributed by atoms with Gasteiger partial charge >= 0.3 is 11.9 Å². The second-order valence-corrected chi connectivity index (χ2v) is 13.4. The molecule has 10 heteroatoms. The Balaban J connectivity index is 2.44. The fraction of sp³-hybridized carbons (Fsp3) is 0.600. The van der Waals surface area contributed by atoms with E-state index in [4.69, 9.17) is 18.9 Å². The van der Waals surface area contributed by atoms with Crippen molar-refractivity contribution < 1.29 is 49.0 Å². The van der Waals surface area contributed by atoms with Gasteiger partial charge in [-0.3, -0.25) is 9.59 Å². The van der Waals surface area contributed by atoms with Crippen LogP contribution in [0.4, 0.5) is 0 Å². The van der Waals surface area contributed by atoms with E-state index >= 15 is 0 Å². The van der Waals surface area contributed by atoms with Gasteiger partial charge < -0.3 is 39.4 Å². The largest absolute Gasteiger partial charge is 0.462 e. The van der Waals surface area contributed by atoms with Crippen molar-refractivity contribution in [3.05, 3.63) is 97.2 Å². The third-order valence-electron chi connectivity index (χ3n) is 8.53. The van der Waals surface area contributed by atoms with Crippen LogP contribution < -0.4 is 0 Å². The van der Waals surface area contributed by atoms with Crippen LogP contribution in [0.3, 0.4) is 0 Å². The second-order valence-electron chi connectivity index (χ2n) is 13.4. The highest BCUT2D eigenvalue weighted by atomic mass is 16.7. The molecule has 1 aliphatic heterocycles. The summed E-state index contributed by atoms with van der Waals surface area (Å²) in [6.45, 7) is 3.06. The topological polar surface area (TPSA) is 152 Å². The Labute approximate surface area is 330 Å². The van der Waals surface area contributed by atoms with Crippen molar-refractivity contribution in [3.63, 3.8) is 0 Å². The highest BCUT2D eigenvalue weighted by molar-refractivity contribution is 5.70. The number of esters is 2. The fourth-order valence-corrected chi connectivity index (χ4v) is 5.34. The maximum absolute atomic E-state index is 12.7. The average molecular weight is 771 g/mol.